The molecule has 8 heteroatoms. The standard InChI is InChI=1S/C15H10Cl2FN5/c16-9-5-6-10(17)13(7-9)21-15-22-14(8-19-23-15)20-12-4-2-1-3-11(12)18/h1-8H,(H2,20,21,22,23). The lowest BCUT2D eigenvalue weighted by Crippen LogP contribution is -2.03. The predicted octanol–water partition coefficient (Wildman–Crippen LogP) is 4.80. The lowest BCUT2D eigenvalue weighted by atomic mass is 10.3. The maximum atomic E-state index is 13.6. The molecule has 0 saturated carbocycles. The molecule has 0 bridgehead atoms. The fourth-order valence-corrected chi connectivity index (χ4v) is 2.17. The summed E-state index contributed by atoms with van der Waals surface area (Å²) < 4.78 is 13.6. The first kappa shape index (κ1) is 15.5. The number of anilines is 4. The summed E-state index contributed by atoms with van der Waals surface area (Å²) in [5.74, 6) is 0.153. The van der Waals surface area contributed by atoms with E-state index in [-0.39, 0.29) is 5.95 Å². The Morgan fingerprint density at radius 2 is 1.78 bits per heavy atom. The van der Waals surface area contributed by atoms with Crippen LogP contribution in [0.15, 0.2) is 48.7 Å². The average molecular weight is 350 g/mol. The molecule has 0 aliphatic heterocycles. The molecule has 0 aliphatic rings. The van der Waals surface area contributed by atoms with Crippen molar-refractivity contribution >= 4 is 46.3 Å². The third kappa shape index (κ3) is 3.85. The van der Waals surface area contributed by atoms with E-state index in [1.807, 2.05) is 0 Å². The van der Waals surface area contributed by atoms with Crippen molar-refractivity contribution in [1.29, 1.82) is 0 Å². The molecule has 2 aromatic carbocycles. The van der Waals surface area contributed by atoms with E-state index in [2.05, 4.69) is 25.8 Å². The number of benzene rings is 2. The number of hydrogen-bond donors (Lipinski definition) is 2. The fourth-order valence-electron chi connectivity index (χ4n) is 1.83. The van der Waals surface area contributed by atoms with Crippen LogP contribution in [0, 0.1) is 5.82 Å². The summed E-state index contributed by atoms with van der Waals surface area (Å²) in [6.07, 6.45) is 1.39. The van der Waals surface area contributed by atoms with Crippen molar-refractivity contribution in [1.82, 2.24) is 15.2 Å². The van der Waals surface area contributed by atoms with Gasteiger partial charge in [-0.15, -0.1) is 5.10 Å². The number of para-hydroxylation sites is 1. The van der Waals surface area contributed by atoms with Crippen molar-refractivity contribution in [2.75, 3.05) is 10.6 Å². The van der Waals surface area contributed by atoms with Gasteiger partial charge in [0, 0.05) is 5.02 Å². The van der Waals surface area contributed by atoms with Gasteiger partial charge < -0.3 is 10.6 Å². The zero-order chi connectivity index (χ0) is 16.2. The first-order valence-electron chi connectivity index (χ1n) is 6.55. The smallest absolute Gasteiger partial charge is 0.249 e. The molecule has 3 aromatic rings. The van der Waals surface area contributed by atoms with E-state index in [1.165, 1.54) is 12.3 Å². The molecule has 0 aliphatic carbocycles. The monoisotopic (exact) mass is 349 g/mol. The Hall–Kier alpha value is -2.44. The maximum absolute atomic E-state index is 13.6. The minimum absolute atomic E-state index is 0.204. The average Bonchev–Trinajstić information content (AvgIpc) is 2.54. The van der Waals surface area contributed by atoms with Crippen LogP contribution in [0.1, 0.15) is 0 Å². The van der Waals surface area contributed by atoms with Gasteiger partial charge in [-0.1, -0.05) is 35.3 Å². The van der Waals surface area contributed by atoms with Crippen LogP contribution >= 0.6 is 23.2 Å². The lowest BCUT2D eigenvalue weighted by molar-refractivity contribution is 0.632. The molecule has 0 atom stereocenters. The molecule has 0 radical (unpaired) electrons. The fraction of sp³-hybridized carbons (Fsp3) is 0. The summed E-state index contributed by atoms with van der Waals surface area (Å²) in [6, 6.07) is 11.2. The molecule has 0 spiro atoms. The van der Waals surface area contributed by atoms with Gasteiger partial charge in [0.2, 0.25) is 5.95 Å². The largest absolute Gasteiger partial charge is 0.336 e. The minimum atomic E-state index is -0.390. The van der Waals surface area contributed by atoms with E-state index in [0.717, 1.165) is 0 Å². The first-order valence-corrected chi connectivity index (χ1v) is 7.31. The van der Waals surface area contributed by atoms with E-state index in [9.17, 15) is 4.39 Å². The van der Waals surface area contributed by atoms with Gasteiger partial charge >= 0.3 is 0 Å². The maximum Gasteiger partial charge on any atom is 0.249 e. The van der Waals surface area contributed by atoms with Gasteiger partial charge in [-0.2, -0.15) is 10.1 Å². The Labute approximate surface area is 141 Å². The van der Waals surface area contributed by atoms with Crippen molar-refractivity contribution in [3.05, 3.63) is 64.5 Å². The number of nitrogens with zero attached hydrogens (tertiary/aromatic N) is 3. The summed E-state index contributed by atoms with van der Waals surface area (Å²) in [5.41, 5.74) is 0.837. The second-order valence-corrected chi connectivity index (χ2v) is 5.36. The molecule has 116 valence electrons. The zero-order valence-corrected chi connectivity index (χ0v) is 13.1. The highest BCUT2D eigenvalue weighted by Crippen LogP contribution is 2.27. The van der Waals surface area contributed by atoms with E-state index in [1.54, 1.807) is 36.4 Å². The summed E-state index contributed by atoms with van der Waals surface area (Å²) in [7, 11) is 0. The second-order valence-electron chi connectivity index (χ2n) is 4.52. The van der Waals surface area contributed by atoms with Gasteiger partial charge in [0.15, 0.2) is 5.82 Å². The predicted molar refractivity (Wildman–Crippen MR) is 89.3 cm³/mol. The quantitative estimate of drug-likeness (QED) is 0.707. The van der Waals surface area contributed by atoms with Crippen LogP contribution in [0.5, 0.6) is 0 Å². The molecule has 1 heterocycles. The van der Waals surface area contributed by atoms with Gasteiger partial charge in [0.05, 0.1) is 22.6 Å². The molecule has 0 fully saturated rings. The van der Waals surface area contributed by atoms with Gasteiger partial charge in [-0.3, -0.25) is 0 Å². The molecule has 2 N–H and O–H groups in total. The molecule has 0 saturated heterocycles. The number of halogens is 3. The first-order chi connectivity index (χ1) is 11.1. The topological polar surface area (TPSA) is 62.7 Å². The Morgan fingerprint density at radius 3 is 2.61 bits per heavy atom. The van der Waals surface area contributed by atoms with Gasteiger partial charge in [0.1, 0.15) is 5.82 Å². The highest BCUT2D eigenvalue weighted by Gasteiger charge is 2.07. The number of aromatic nitrogens is 3. The highest BCUT2D eigenvalue weighted by molar-refractivity contribution is 6.35. The number of hydrogen-bond acceptors (Lipinski definition) is 5. The third-order valence-corrected chi connectivity index (χ3v) is 3.43. The van der Waals surface area contributed by atoms with Crippen LogP contribution in [0.25, 0.3) is 0 Å². The Kier molecular flexibility index (Phi) is 4.55. The number of rotatable bonds is 4. The molecule has 3 rings (SSSR count). The molecule has 23 heavy (non-hydrogen) atoms. The summed E-state index contributed by atoms with van der Waals surface area (Å²) >= 11 is 12.0. The summed E-state index contributed by atoms with van der Waals surface area (Å²) in [6.45, 7) is 0. The van der Waals surface area contributed by atoms with Gasteiger partial charge in [-0.05, 0) is 30.3 Å². The van der Waals surface area contributed by atoms with E-state index < -0.39 is 5.82 Å². The molecule has 5 nitrogen and oxygen atoms in total. The lowest BCUT2D eigenvalue weighted by Gasteiger charge is -2.09. The second kappa shape index (κ2) is 6.76. The van der Waals surface area contributed by atoms with Gasteiger partial charge in [-0.25, -0.2) is 4.39 Å². The van der Waals surface area contributed by atoms with Crippen LogP contribution in [0.3, 0.4) is 0 Å². The van der Waals surface area contributed by atoms with E-state index >= 15 is 0 Å². The molecule has 1 aromatic heterocycles. The van der Waals surface area contributed by atoms with E-state index in [4.69, 9.17) is 23.2 Å². The van der Waals surface area contributed by atoms with Crippen LogP contribution in [0.2, 0.25) is 10.0 Å². The van der Waals surface area contributed by atoms with Crippen molar-refractivity contribution in [2.45, 2.75) is 0 Å². The van der Waals surface area contributed by atoms with Crippen molar-refractivity contribution in [3.8, 4) is 0 Å². The van der Waals surface area contributed by atoms with Crippen molar-refractivity contribution < 1.29 is 4.39 Å². The minimum Gasteiger partial charge on any atom is -0.336 e. The Bertz CT molecular complexity index is 844. The molecule has 0 unspecified atom stereocenters. The normalized spacial score (nSPS) is 10.4. The van der Waals surface area contributed by atoms with Crippen molar-refractivity contribution in [2.24, 2.45) is 0 Å². The number of nitrogens with one attached hydrogen (secondary N) is 2. The van der Waals surface area contributed by atoms with Crippen molar-refractivity contribution in [3.63, 3.8) is 0 Å². The molecule has 0 amide bonds. The van der Waals surface area contributed by atoms with Crippen LogP contribution in [-0.4, -0.2) is 15.2 Å². The van der Waals surface area contributed by atoms with Gasteiger partial charge in [0.25, 0.3) is 0 Å². The highest BCUT2D eigenvalue weighted by atomic mass is 35.5. The van der Waals surface area contributed by atoms with Crippen LogP contribution in [-0.2, 0) is 0 Å². The zero-order valence-electron chi connectivity index (χ0n) is 11.6. The third-order valence-electron chi connectivity index (χ3n) is 2.87. The summed E-state index contributed by atoms with van der Waals surface area (Å²) in [5, 5.41) is 14.4. The van der Waals surface area contributed by atoms with Crippen LogP contribution in [0.4, 0.5) is 27.5 Å². The molecular formula is C15H10Cl2FN5. The molecular weight excluding hydrogens is 340 g/mol. The summed E-state index contributed by atoms with van der Waals surface area (Å²) in [4.78, 5) is 4.21. The Morgan fingerprint density at radius 1 is 0.957 bits per heavy atom. The van der Waals surface area contributed by atoms with E-state index in [0.29, 0.717) is 27.2 Å². The SMILES string of the molecule is Fc1ccccc1Nc1cnnc(Nc2cc(Cl)ccc2Cl)n1. The Balaban J connectivity index is 1.83. The van der Waals surface area contributed by atoms with Crippen LogP contribution < -0.4 is 10.6 Å².